The fourth-order valence-electron chi connectivity index (χ4n) is 4.33. The first-order valence-corrected chi connectivity index (χ1v) is 11.9. The molecule has 2 atom stereocenters. The van der Waals surface area contributed by atoms with E-state index in [0.29, 0.717) is 17.9 Å². The predicted molar refractivity (Wildman–Crippen MR) is 136 cm³/mol. The maximum Gasteiger partial charge on any atom is 0.305 e. The van der Waals surface area contributed by atoms with Gasteiger partial charge in [-0.3, -0.25) is 19.4 Å². The highest BCUT2D eigenvalue weighted by atomic mass is 16.4. The van der Waals surface area contributed by atoms with Gasteiger partial charge in [-0.25, -0.2) is 0 Å². The van der Waals surface area contributed by atoms with Gasteiger partial charge in [-0.1, -0.05) is 38.1 Å². The van der Waals surface area contributed by atoms with Gasteiger partial charge in [0, 0.05) is 30.2 Å². The van der Waals surface area contributed by atoms with Crippen molar-refractivity contribution in [3.8, 4) is 11.1 Å². The number of carbonyl (C=O) groups excluding carboxylic acids is 1. The number of nitrogens with one attached hydrogen (secondary N) is 1. The third-order valence-electron chi connectivity index (χ3n) is 6.13. The average molecular weight is 476 g/mol. The number of amides is 1. The third-order valence-corrected chi connectivity index (χ3v) is 6.13. The van der Waals surface area contributed by atoms with Crippen LogP contribution in [0.1, 0.15) is 61.9 Å². The second-order valence-electron chi connectivity index (χ2n) is 9.37. The minimum atomic E-state index is -1.04. The van der Waals surface area contributed by atoms with Crippen LogP contribution in [0.3, 0.4) is 0 Å². The highest BCUT2D eigenvalue weighted by Crippen LogP contribution is 2.29. The number of pyridine rings is 2. The Morgan fingerprint density at radius 1 is 1.03 bits per heavy atom. The molecule has 0 aliphatic heterocycles. The second-order valence-corrected chi connectivity index (χ2v) is 9.37. The van der Waals surface area contributed by atoms with Crippen LogP contribution in [0, 0.1) is 19.8 Å². The van der Waals surface area contributed by atoms with Gasteiger partial charge in [-0.15, -0.1) is 0 Å². The van der Waals surface area contributed by atoms with Crippen LogP contribution in [-0.4, -0.2) is 26.5 Å². The molecule has 1 amide bonds. The largest absolute Gasteiger partial charge is 0.481 e. The molecule has 35 heavy (non-hydrogen) atoms. The lowest BCUT2D eigenvalue weighted by Gasteiger charge is -2.24. The van der Waals surface area contributed by atoms with Crippen LogP contribution in [0.5, 0.6) is 0 Å². The number of carbonyl (C=O) groups is 2. The zero-order valence-electron chi connectivity index (χ0n) is 20.7. The number of aliphatic carboxylic acids is 1. The van der Waals surface area contributed by atoms with E-state index in [9.17, 15) is 19.5 Å². The van der Waals surface area contributed by atoms with Crippen molar-refractivity contribution in [3.63, 3.8) is 0 Å². The monoisotopic (exact) mass is 475 g/mol. The summed E-state index contributed by atoms with van der Waals surface area (Å²) in [4.78, 5) is 42.0. The number of hydrogen-bond acceptors (Lipinski definition) is 4. The molecule has 3 rings (SSSR count). The average Bonchev–Trinajstić information content (AvgIpc) is 2.79. The summed E-state index contributed by atoms with van der Waals surface area (Å²) in [5.41, 5.74) is 4.39. The zero-order valence-corrected chi connectivity index (χ0v) is 20.7. The fraction of sp³-hybridized carbons (Fsp3) is 0.357. The molecule has 0 aliphatic rings. The minimum Gasteiger partial charge on any atom is -0.481 e. The van der Waals surface area contributed by atoms with E-state index in [1.165, 1.54) is 10.6 Å². The first-order chi connectivity index (χ1) is 16.7. The number of aryl methyl sites for hydroxylation is 2. The molecule has 0 saturated carbocycles. The van der Waals surface area contributed by atoms with Crippen molar-refractivity contribution in [1.82, 2.24) is 14.9 Å². The van der Waals surface area contributed by atoms with Crippen molar-refractivity contribution in [3.05, 3.63) is 88.1 Å². The highest BCUT2D eigenvalue weighted by molar-refractivity contribution is 5.81. The normalized spacial score (nSPS) is 12.8. The van der Waals surface area contributed by atoms with Crippen LogP contribution in [0.25, 0.3) is 11.1 Å². The van der Waals surface area contributed by atoms with E-state index in [0.717, 1.165) is 28.7 Å². The van der Waals surface area contributed by atoms with Gasteiger partial charge in [0.05, 0.1) is 12.5 Å². The predicted octanol–water partition coefficient (Wildman–Crippen LogP) is 4.84. The van der Waals surface area contributed by atoms with Crippen molar-refractivity contribution >= 4 is 11.9 Å². The van der Waals surface area contributed by atoms with E-state index in [1.807, 2.05) is 38.1 Å². The Morgan fingerprint density at radius 2 is 1.74 bits per heavy atom. The van der Waals surface area contributed by atoms with Gasteiger partial charge in [0.2, 0.25) is 5.91 Å². The lowest BCUT2D eigenvalue weighted by molar-refractivity contribution is -0.138. The van der Waals surface area contributed by atoms with Gasteiger partial charge in [0.1, 0.15) is 6.04 Å². The Kier molecular flexibility index (Phi) is 8.58. The zero-order chi connectivity index (χ0) is 25.5. The van der Waals surface area contributed by atoms with Crippen molar-refractivity contribution in [2.75, 3.05) is 0 Å². The highest BCUT2D eigenvalue weighted by Gasteiger charge is 2.26. The van der Waals surface area contributed by atoms with Gasteiger partial charge in [0.25, 0.3) is 5.56 Å². The summed E-state index contributed by atoms with van der Waals surface area (Å²) < 4.78 is 1.42. The minimum absolute atomic E-state index is 0.273. The molecule has 2 heterocycles. The Bertz CT molecular complexity index is 1230. The molecule has 2 N–H and O–H groups in total. The molecule has 0 radical (unpaired) electrons. The Hall–Kier alpha value is -3.74. The number of aromatic nitrogens is 2. The Labute approximate surface area is 205 Å². The molecule has 7 nitrogen and oxygen atoms in total. The van der Waals surface area contributed by atoms with E-state index in [4.69, 9.17) is 0 Å². The second kappa shape index (κ2) is 11.6. The SMILES string of the molecule is Cc1cccc(C)c1-c1cncc([C@@H](CC(=O)O)NC(=O)[C@@H](CCC(C)C)n2ccccc2=O)c1. The van der Waals surface area contributed by atoms with E-state index in [2.05, 4.69) is 24.1 Å². The Balaban J connectivity index is 1.96. The fourth-order valence-corrected chi connectivity index (χ4v) is 4.33. The molecule has 184 valence electrons. The van der Waals surface area contributed by atoms with Gasteiger partial charge >= 0.3 is 5.97 Å². The number of carboxylic acids is 1. The van der Waals surface area contributed by atoms with Gasteiger partial charge in [-0.2, -0.15) is 0 Å². The maximum atomic E-state index is 13.5. The molecule has 2 aromatic heterocycles. The van der Waals surface area contributed by atoms with E-state index < -0.39 is 18.1 Å². The molecule has 0 fully saturated rings. The lowest BCUT2D eigenvalue weighted by atomic mass is 9.94. The van der Waals surface area contributed by atoms with Crippen LogP contribution in [-0.2, 0) is 9.59 Å². The number of benzene rings is 1. The molecule has 0 aliphatic carbocycles. The quantitative estimate of drug-likeness (QED) is 0.437. The van der Waals surface area contributed by atoms with Crippen LogP contribution in [0.2, 0.25) is 0 Å². The van der Waals surface area contributed by atoms with Crippen LogP contribution in [0.15, 0.2) is 65.8 Å². The number of rotatable bonds is 10. The topological polar surface area (TPSA) is 101 Å². The molecule has 3 aromatic rings. The number of hydrogen-bond donors (Lipinski definition) is 2. The van der Waals surface area contributed by atoms with Crippen molar-refractivity contribution in [2.24, 2.45) is 5.92 Å². The summed E-state index contributed by atoms with van der Waals surface area (Å²) in [7, 11) is 0. The van der Waals surface area contributed by atoms with Crippen molar-refractivity contribution in [2.45, 2.75) is 59.0 Å². The molecular weight excluding hydrogens is 442 g/mol. The summed E-state index contributed by atoms with van der Waals surface area (Å²) in [5.74, 6) is -1.08. The lowest BCUT2D eigenvalue weighted by Crippen LogP contribution is -2.39. The summed E-state index contributed by atoms with van der Waals surface area (Å²) in [6, 6.07) is 11.1. The van der Waals surface area contributed by atoms with Crippen molar-refractivity contribution in [1.29, 1.82) is 0 Å². The Morgan fingerprint density at radius 3 is 2.37 bits per heavy atom. The van der Waals surface area contributed by atoms with E-state index >= 15 is 0 Å². The molecule has 7 heteroatoms. The molecule has 0 saturated heterocycles. The molecule has 0 unspecified atom stereocenters. The number of nitrogens with zero attached hydrogens (tertiary/aromatic N) is 2. The van der Waals surface area contributed by atoms with E-state index in [1.54, 1.807) is 30.7 Å². The first-order valence-electron chi connectivity index (χ1n) is 11.9. The summed E-state index contributed by atoms with van der Waals surface area (Å²) in [6.45, 7) is 8.15. The van der Waals surface area contributed by atoms with Gasteiger partial charge < -0.3 is 15.0 Å². The molecule has 0 spiro atoms. The summed E-state index contributed by atoms with van der Waals surface area (Å²) in [6.07, 6.45) is 5.84. The van der Waals surface area contributed by atoms with Crippen molar-refractivity contribution < 1.29 is 14.7 Å². The molecular formula is C28H33N3O4. The summed E-state index contributed by atoms with van der Waals surface area (Å²) >= 11 is 0. The van der Waals surface area contributed by atoms with E-state index in [-0.39, 0.29) is 17.9 Å². The van der Waals surface area contributed by atoms with Crippen LogP contribution in [0.4, 0.5) is 0 Å². The standard InChI is InChI=1S/C28H33N3O4/c1-18(2)11-12-24(31-13-6-5-10-25(31)32)28(35)30-23(15-26(33)34)21-14-22(17-29-16-21)27-19(3)8-7-9-20(27)4/h5-10,13-14,16-18,23-24H,11-12,15H2,1-4H3,(H,30,35)(H,33,34)/t23-,24-/m1/s1. The van der Waals surface area contributed by atoms with Crippen LogP contribution >= 0.6 is 0 Å². The van der Waals surface area contributed by atoms with Gasteiger partial charge in [-0.05, 0) is 67.0 Å². The maximum absolute atomic E-state index is 13.5. The number of carboxylic acid groups (broad SMARTS) is 1. The molecule has 0 bridgehead atoms. The first kappa shape index (κ1) is 25.9. The smallest absolute Gasteiger partial charge is 0.305 e. The third kappa shape index (κ3) is 6.66. The summed E-state index contributed by atoms with van der Waals surface area (Å²) in [5, 5.41) is 12.5. The molecule has 1 aromatic carbocycles. The van der Waals surface area contributed by atoms with Crippen LogP contribution < -0.4 is 10.9 Å². The van der Waals surface area contributed by atoms with Gasteiger partial charge in [0.15, 0.2) is 0 Å².